The molecule has 98 valence electrons. The van der Waals surface area contributed by atoms with Gasteiger partial charge >= 0.3 is 0 Å². The monoisotopic (exact) mass is 306 g/mol. The maximum atomic E-state index is 6.04. The summed E-state index contributed by atoms with van der Waals surface area (Å²) in [5.41, 5.74) is 0. The summed E-state index contributed by atoms with van der Waals surface area (Å²) in [6, 6.07) is 0. The maximum absolute atomic E-state index is 6.04. The normalized spacial score (nSPS) is 16.1. The molecule has 0 bridgehead atoms. The minimum absolute atomic E-state index is 0.0506. The molecule has 16 heavy (non-hydrogen) atoms. The molecule has 0 rings (SSSR count). The second kappa shape index (κ2) is 9.14. The summed E-state index contributed by atoms with van der Waals surface area (Å²) in [6.45, 7) is 4.11. The van der Waals surface area contributed by atoms with Gasteiger partial charge in [0.1, 0.15) is 0 Å². The van der Waals surface area contributed by atoms with Crippen LogP contribution in [0.25, 0.3) is 0 Å². The predicted octanol–water partition coefficient (Wildman–Crippen LogP) is 6.35. The molecule has 2 unspecified atom stereocenters. The Bertz CT molecular complexity index is 163. The Balaban J connectivity index is 3.70. The van der Waals surface area contributed by atoms with Gasteiger partial charge in [-0.3, -0.25) is 0 Å². The number of rotatable bonds is 8. The first-order valence-corrected chi connectivity index (χ1v) is 7.67. The zero-order valence-electron chi connectivity index (χ0n) is 10.1. The van der Waals surface area contributed by atoms with E-state index in [1.807, 2.05) is 6.92 Å². The van der Waals surface area contributed by atoms with Crippen molar-refractivity contribution in [2.24, 2.45) is 5.92 Å². The lowest BCUT2D eigenvalue weighted by Crippen LogP contribution is -2.26. The van der Waals surface area contributed by atoms with Gasteiger partial charge in [-0.1, -0.05) is 80.3 Å². The van der Waals surface area contributed by atoms with E-state index in [2.05, 4.69) is 6.92 Å². The van der Waals surface area contributed by atoms with Crippen LogP contribution in [0.2, 0.25) is 0 Å². The molecule has 0 heterocycles. The fourth-order valence-corrected chi connectivity index (χ4v) is 3.20. The van der Waals surface area contributed by atoms with E-state index < -0.39 is 3.79 Å². The quantitative estimate of drug-likeness (QED) is 0.362. The Hall–Kier alpha value is 1.16. The Morgan fingerprint density at radius 3 is 1.88 bits per heavy atom. The van der Waals surface area contributed by atoms with Gasteiger partial charge in [0.15, 0.2) is 3.79 Å². The van der Waals surface area contributed by atoms with Crippen LogP contribution in [0.1, 0.15) is 58.8 Å². The summed E-state index contributed by atoms with van der Waals surface area (Å²) < 4.78 is -1.23. The number of alkyl halides is 4. The SMILES string of the molecule is CCCCCCCCC(C(C)Cl)C(Cl)(Cl)Cl. The summed E-state index contributed by atoms with van der Waals surface area (Å²) in [4.78, 5) is 0. The van der Waals surface area contributed by atoms with Gasteiger partial charge in [-0.25, -0.2) is 0 Å². The molecule has 0 saturated heterocycles. The molecule has 0 saturated carbocycles. The third-order valence-electron chi connectivity index (χ3n) is 2.84. The molecule has 0 nitrogen and oxygen atoms in total. The maximum Gasteiger partial charge on any atom is 0.194 e. The molecule has 0 amide bonds. The third-order valence-corrected chi connectivity index (χ3v) is 3.99. The average Bonchev–Trinajstić information content (AvgIpc) is 2.13. The number of hydrogen-bond donors (Lipinski definition) is 0. The molecule has 0 aliphatic heterocycles. The van der Waals surface area contributed by atoms with Crippen LogP contribution in [-0.4, -0.2) is 9.17 Å². The fourth-order valence-electron chi connectivity index (χ4n) is 1.80. The standard InChI is InChI=1S/C12H22Cl4/c1-3-4-5-6-7-8-9-11(10(2)13)12(14,15)16/h10-11H,3-9H2,1-2H3. The minimum atomic E-state index is -1.23. The van der Waals surface area contributed by atoms with Crippen molar-refractivity contribution in [3.63, 3.8) is 0 Å². The Morgan fingerprint density at radius 1 is 0.938 bits per heavy atom. The van der Waals surface area contributed by atoms with Crippen LogP contribution in [0.5, 0.6) is 0 Å². The van der Waals surface area contributed by atoms with Gasteiger partial charge in [-0.05, 0) is 13.3 Å². The van der Waals surface area contributed by atoms with Crippen molar-refractivity contribution in [2.75, 3.05) is 0 Å². The van der Waals surface area contributed by atoms with Crippen LogP contribution in [0.15, 0.2) is 0 Å². The van der Waals surface area contributed by atoms with Crippen LogP contribution >= 0.6 is 46.4 Å². The van der Waals surface area contributed by atoms with Gasteiger partial charge in [0.2, 0.25) is 0 Å². The van der Waals surface area contributed by atoms with Gasteiger partial charge in [0.05, 0.1) is 0 Å². The van der Waals surface area contributed by atoms with Crippen molar-refractivity contribution < 1.29 is 0 Å². The fraction of sp³-hybridized carbons (Fsp3) is 1.00. The molecule has 0 spiro atoms. The summed E-state index contributed by atoms with van der Waals surface area (Å²) in [7, 11) is 0. The molecule has 4 heteroatoms. The summed E-state index contributed by atoms with van der Waals surface area (Å²) >= 11 is 23.7. The summed E-state index contributed by atoms with van der Waals surface area (Å²) in [5.74, 6) is -0.0506. The van der Waals surface area contributed by atoms with E-state index in [9.17, 15) is 0 Å². The van der Waals surface area contributed by atoms with E-state index >= 15 is 0 Å². The minimum Gasteiger partial charge on any atom is -0.123 e. The van der Waals surface area contributed by atoms with E-state index in [1.54, 1.807) is 0 Å². The van der Waals surface area contributed by atoms with Crippen LogP contribution in [0.3, 0.4) is 0 Å². The molecule has 0 aromatic rings. The van der Waals surface area contributed by atoms with Crippen molar-refractivity contribution in [1.82, 2.24) is 0 Å². The van der Waals surface area contributed by atoms with Gasteiger partial charge < -0.3 is 0 Å². The van der Waals surface area contributed by atoms with Gasteiger partial charge in [-0.15, -0.1) is 11.6 Å². The zero-order valence-corrected chi connectivity index (χ0v) is 13.1. The smallest absolute Gasteiger partial charge is 0.123 e. The highest BCUT2D eigenvalue weighted by molar-refractivity contribution is 6.67. The summed E-state index contributed by atoms with van der Waals surface area (Å²) in [6.07, 6.45) is 8.38. The Morgan fingerprint density at radius 2 is 1.44 bits per heavy atom. The van der Waals surface area contributed by atoms with Gasteiger partial charge in [0.25, 0.3) is 0 Å². The average molecular weight is 308 g/mol. The first kappa shape index (κ1) is 17.2. The molecular formula is C12H22Cl4. The third kappa shape index (κ3) is 8.28. The zero-order chi connectivity index (χ0) is 12.6. The highest BCUT2D eigenvalue weighted by Crippen LogP contribution is 2.41. The summed E-state index contributed by atoms with van der Waals surface area (Å²) in [5, 5.41) is -0.0943. The van der Waals surface area contributed by atoms with Crippen molar-refractivity contribution in [1.29, 1.82) is 0 Å². The topological polar surface area (TPSA) is 0 Å². The van der Waals surface area contributed by atoms with E-state index in [0.29, 0.717) is 0 Å². The predicted molar refractivity (Wildman–Crippen MR) is 77.1 cm³/mol. The Kier molecular flexibility index (Phi) is 9.80. The van der Waals surface area contributed by atoms with Crippen LogP contribution in [-0.2, 0) is 0 Å². The van der Waals surface area contributed by atoms with Crippen LogP contribution in [0.4, 0.5) is 0 Å². The van der Waals surface area contributed by atoms with Gasteiger partial charge in [0, 0.05) is 11.3 Å². The van der Waals surface area contributed by atoms with Crippen molar-refractivity contribution >= 4 is 46.4 Å². The molecule has 0 radical (unpaired) electrons. The van der Waals surface area contributed by atoms with Crippen LogP contribution in [0, 0.1) is 5.92 Å². The van der Waals surface area contributed by atoms with Crippen LogP contribution < -0.4 is 0 Å². The molecule has 2 atom stereocenters. The van der Waals surface area contributed by atoms with E-state index in [0.717, 1.165) is 12.8 Å². The second-order valence-electron chi connectivity index (χ2n) is 4.38. The lowest BCUT2D eigenvalue weighted by atomic mass is 9.99. The molecule has 0 aliphatic carbocycles. The lowest BCUT2D eigenvalue weighted by Gasteiger charge is -2.26. The van der Waals surface area contributed by atoms with Crippen molar-refractivity contribution in [3.8, 4) is 0 Å². The first-order chi connectivity index (χ1) is 7.39. The highest BCUT2D eigenvalue weighted by atomic mass is 35.6. The molecule has 0 aromatic carbocycles. The van der Waals surface area contributed by atoms with Gasteiger partial charge in [-0.2, -0.15) is 0 Å². The first-order valence-electron chi connectivity index (χ1n) is 6.10. The molecule has 0 fully saturated rings. The number of hydrogen-bond acceptors (Lipinski definition) is 0. The molecule has 0 N–H and O–H groups in total. The highest BCUT2D eigenvalue weighted by Gasteiger charge is 2.35. The largest absolute Gasteiger partial charge is 0.194 e. The van der Waals surface area contributed by atoms with E-state index in [4.69, 9.17) is 46.4 Å². The number of unbranched alkanes of at least 4 members (excludes halogenated alkanes) is 5. The second-order valence-corrected chi connectivity index (χ2v) is 7.44. The van der Waals surface area contributed by atoms with E-state index in [-0.39, 0.29) is 11.3 Å². The number of halogens is 4. The molecule has 0 aliphatic rings. The Labute approximate surface area is 120 Å². The molecular weight excluding hydrogens is 286 g/mol. The lowest BCUT2D eigenvalue weighted by molar-refractivity contribution is 0.450. The molecule has 0 aromatic heterocycles. The van der Waals surface area contributed by atoms with E-state index in [1.165, 1.54) is 32.1 Å². The van der Waals surface area contributed by atoms with Crippen molar-refractivity contribution in [2.45, 2.75) is 68.0 Å². The van der Waals surface area contributed by atoms with Crippen molar-refractivity contribution in [3.05, 3.63) is 0 Å².